The molecule has 0 amide bonds. The molecule has 176 valence electrons. The van der Waals surface area contributed by atoms with Gasteiger partial charge in [-0.3, -0.25) is 10.3 Å². The van der Waals surface area contributed by atoms with Crippen molar-refractivity contribution in [3.63, 3.8) is 0 Å². The summed E-state index contributed by atoms with van der Waals surface area (Å²) < 4.78 is 16.9. The molecule has 1 aromatic carbocycles. The van der Waals surface area contributed by atoms with Gasteiger partial charge in [0, 0.05) is 44.4 Å². The minimum atomic E-state index is 0.371. The highest BCUT2D eigenvalue weighted by molar-refractivity contribution is 6.05. The SMILES string of the molecule is CC1C/C(=N\Nc2cc(N3CCOCC3)nc(OCCN3CCOCC3)n2)c2ccccc21. The first-order valence-electron chi connectivity index (χ1n) is 11.8. The van der Waals surface area contributed by atoms with Crippen molar-refractivity contribution in [3.05, 3.63) is 41.5 Å². The first kappa shape index (κ1) is 22.1. The van der Waals surface area contributed by atoms with Crippen LogP contribution in [0.25, 0.3) is 0 Å². The Morgan fingerprint density at radius 3 is 2.64 bits per heavy atom. The molecule has 3 aliphatic rings. The summed E-state index contributed by atoms with van der Waals surface area (Å²) in [5, 5.41) is 4.72. The molecule has 5 rings (SSSR count). The van der Waals surface area contributed by atoms with E-state index in [2.05, 4.69) is 56.4 Å². The molecule has 2 fully saturated rings. The number of nitrogens with one attached hydrogen (secondary N) is 1. The number of morpholine rings is 2. The van der Waals surface area contributed by atoms with E-state index in [-0.39, 0.29) is 0 Å². The highest BCUT2D eigenvalue weighted by atomic mass is 16.5. The topological polar surface area (TPSA) is 84.3 Å². The zero-order chi connectivity index (χ0) is 22.5. The molecule has 2 aromatic rings. The average molecular weight is 453 g/mol. The number of aromatic nitrogens is 2. The highest BCUT2D eigenvalue weighted by Crippen LogP contribution is 2.33. The van der Waals surface area contributed by atoms with Gasteiger partial charge in [0.05, 0.1) is 32.1 Å². The molecule has 9 nitrogen and oxygen atoms in total. The van der Waals surface area contributed by atoms with Gasteiger partial charge in [-0.05, 0) is 17.9 Å². The standard InChI is InChI=1S/C24H32N6O3/c1-18-16-21(20-5-3-2-4-19(18)20)27-28-22-17-23(30-9-13-32-14-10-30)26-24(25-22)33-15-8-29-6-11-31-12-7-29/h2-5,17-18H,6-16H2,1H3,(H,25,26,28)/b27-21+. The van der Waals surface area contributed by atoms with Crippen molar-refractivity contribution < 1.29 is 14.2 Å². The quantitative estimate of drug-likeness (QED) is 0.641. The summed E-state index contributed by atoms with van der Waals surface area (Å²) in [5.41, 5.74) is 6.79. The molecular weight excluding hydrogens is 420 g/mol. The Kier molecular flexibility index (Phi) is 6.99. The number of benzene rings is 1. The van der Waals surface area contributed by atoms with E-state index in [1.54, 1.807) is 0 Å². The zero-order valence-electron chi connectivity index (χ0n) is 19.2. The number of hydrogen-bond donors (Lipinski definition) is 1. The summed E-state index contributed by atoms with van der Waals surface area (Å²) in [7, 11) is 0. The van der Waals surface area contributed by atoms with Crippen LogP contribution in [0.15, 0.2) is 35.4 Å². The number of hydrazone groups is 1. The van der Waals surface area contributed by atoms with Crippen molar-refractivity contribution >= 4 is 17.3 Å². The van der Waals surface area contributed by atoms with Crippen LogP contribution in [0.4, 0.5) is 11.6 Å². The molecule has 1 aromatic heterocycles. The van der Waals surface area contributed by atoms with E-state index in [0.717, 1.165) is 63.9 Å². The monoisotopic (exact) mass is 452 g/mol. The maximum Gasteiger partial charge on any atom is 0.320 e. The van der Waals surface area contributed by atoms with E-state index in [4.69, 9.17) is 19.3 Å². The number of ether oxygens (including phenoxy) is 3. The second-order valence-corrected chi connectivity index (χ2v) is 8.66. The van der Waals surface area contributed by atoms with Gasteiger partial charge in [-0.15, -0.1) is 0 Å². The molecule has 0 bridgehead atoms. The maximum atomic E-state index is 5.97. The van der Waals surface area contributed by atoms with Crippen molar-refractivity contribution in [3.8, 4) is 6.01 Å². The summed E-state index contributed by atoms with van der Waals surface area (Å²) in [5.74, 6) is 1.94. The van der Waals surface area contributed by atoms with Gasteiger partial charge in [0.1, 0.15) is 12.4 Å². The summed E-state index contributed by atoms with van der Waals surface area (Å²) in [6, 6.07) is 10.8. The molecule has 0 saturated carbocycles. The smallest absolute Gasteiger partial charge is 0.320 e. The molecule has 33 heavy (non-hydrogen) atoms. The third-order valence-corrected chi connectivity index (χ3v) is 6.38. The lowest BCUT2D eigenvalue weighted by Crippen LogP contribution is -2.39. The molecule has 1 atom stereocenters. The number of rotatable bonds is 7. The largest absolute Gasteiger partial charge is 0.462 e. The molecule has 9 heteroatoms. The van der Waals surface area contributed by atoms with Gasteiger partial charge in [-0.25, -0.2) is 0 Å². The van der Waals surface area contributed by atoms with Gasteiger partial charge < -0.3 is 19.1 Å². The highest BCUT2D eigenvalue weighted by Gasteiger charge is 2.24. The lowest BCUT2D eigenvalue weighted by atomic mass is 10.0. The summed E-state index contributed by atoms with van der Waals surface area (Å²) in [6.07, 6.45) is 0.913. The average Bonchev–Trinajstić information content (AvgIpc) is 3.19. The van der Waals surface area contributed by atoms with Crippen LogP contribution in [0.5, 0.6) is 6.01 Å². The number of anilines is 2. The van der Waals surface area contributed by atoms with Crippen molar-refractivity contribution in [2.45, 2.75) is 19.3 Å². The second kappa shape index (κ2) is 10.5. The fraction of sp³-hybridized carbons (Fsp3) is 0.542. The Morgan fingerprint density at radius 1 is 1.06 bits per heavy atom. The van der Waals surface area contributed by atoms with Gasteiger partial charge in [0.2, 0.25) is 0 Å². The van der Waals surface area contributed by atoms with Crippen LogP contribution in [-0.4, -0.2) is 86.3 Å². The van der Waals surface area contributed by atoms with Crippen molar-refractivity contribution in [1.82, 2.24) is 14.9 Å². The first-order chi connectivity index (χ1) is 16.3. The fourth-order valence-corrected chi connectivity index (χ4v) is 4.51. The van der Waals surface area contributed by atoms with Crippen LogP contribution >= 0.6 is 0 Å². The van der Waals surface area contributed by atoms with Crippen molar-refractivity contribution in [1.29, 1.82) is 0 Å². The number of nitrogens with zero attached hydrogens (tertiary/aromatic N) is 5. The number of hydrogen-bond acceptors (Lipinski definition) is 9. The van der Waals surface area contributed by atoms with E-state index in [1.807, 2.05) is 6.07 Å². The molecule has 3 heterocycles. The molecular formula is C24H32N6O3. The predicted molar refractivity (Wildman–Crippen MR) is 127 cm³/mol. The summed E-state index contributed by atoms with van der Waals surface area (Å²) in [4.78, 5) is 13.8. The van der Waals surface area contributed by atoms with Crippen LogP contribution < -0.4 is 15.1 Å². The third kappa shape index (κ3) is 5.43. The maximum absolute atomic E-state index is 5.97. The normalized spacial score (nSPS) is 22.4. The van der Waals surface area contributed by atoms with Crippen molar-refractivity contribution in [2.75, 3.05) is 76.1 Å². The molecule has 0 radical (unpaired) electrons. The zero-order valence-corrected chi connectivity index (χ0v) is 19.2. The van der Waals surface area contributed by atoms with Crippen LogP contribution in [0.1, 0.15) is 30.4 Å². The molecule has 2 saturated heterocycles. The van der Waals surface area contributed by atoms with Gasteiger partial charge in [-0.2, -0.15) is 15.1 Å². The van der Waals surface area contributed by atoms with Gasteiger partial charge >= 0.3 is 6.01 Å². The van der Waals surface area contributed by atoms with E-state index in [0.29, 0.717) is 37.6 Å². The summed E-state index contributed by atoms with van der Waals surface area (Å²) >= 11 is 0. The fourth-order valence-electron chi connectivity index (χ4n) is 4.51. The Bertz CT molecular complexity index is 972. The van der Waals surface area contributed by atoms with Gasteiger partial charge in [0.25, 0.3) is 0 Å². The lowest BCUT2D eigenvalue weighted by molar-refractivity contribution is 0.0317. The van der Waals surface area contributed by atoms with Crippen LogP contribution in [0.3, 0.4) is 0 Å². The van der Waals surface area contributed by atoms with Crippen LogP contribution in [0, 0.1) is 0 Å². The van der Waals surface area contributed by atoms with E-state index >= 15 is 0 Å². The van der Waals surface area contributed by atoms with Gasteiger partial charge in [-0.1, -0.05) is 31.2 Å². The van der Waals surface area contributed by atoms with Crippen LogP contribution in [0.2, 0.25) is 0 Å². The Labute approximate surface area is 194 Å². The molecule has 1 aliphatic carbocycles. The molecule has 2 aliphatic heterocycles. The minimum Gasteiger partial charge on any atom is -0.462 e. The minimum absolute atomic E-state index is 0.371. The molecule has 1 unspecified atom stereocenters. The molecule has 1 N–H and O–H groups in total. The molecule has 0 spiro atoms. The van der Waals surface area contributed by atoms with E-state index in [1.165, 1.54) is 11.1 Å². The summed E-state index contributed by atoms with van der Waals surface area (Å²) in [6.45, 7) is 9.99. The predicted octanol–water partition coefficient (Wildman–Crippen LogP) is 2.35. The van der Waals surface area contributed by atoms with Crippen molar-refractivity contribution in [2.24, 2.45) is 5.10 Å². The van der Waals surface area contributed by atoms with E-state index < -0.39 is 0 Å². The van der Waals surface area contributed by atoms with Gasteiger partial charge in [0.15, 0.2) is 5.82 Å². The first-order valence-corrected chi connectivity index (χ1v) is 11.8. The Balaban J connectivity index is 1.31. The second-order valence-electron chi connectivity index (χ2n) is 8.66. The third-order valence-electron chi connectivity index (χ3n) is 6.38. The Morgan fingerprint density at radius 2 is 1.82 bits per heavy atom. The van der Waals surface area contributed by atoms with Crippen LogP contribution in [-0.2, 0) is 9.47 Å². The number of fused-ring (bicyclic) bond motifs is 1. The van der Waals surface area contributed by atoms with E-state index in [9.17, 15) is 0 Å². The Hall–Kier alpha value is -2.75. The lowest BCUT2D eigenvalue weighted by Gasteiger charge is -2.28.